The Balaban J connectivity index is 1.35. The van der Waals surface area contributed by atoms with Crippen LogP contribution in [0.15, 0.2) is 85.5 Å². The summed E-state index contributed by atoms with van der Waals surface area (Å²) in [7, 11) is 0. The fraction of sp³-hybridized carbons (Fsp3) is 0.300. The molecule has 0 spiro atoms. The molecule has 0 heterocycles. The topological polar surface area (TPSA) is 35.5 Å². The molecule has 0 amide bonds. The van der Waals surface area contributed by atoms with Crippen molar-refractivity contribution in [1.29, 1.82) is 0 Å². The largest absolute Gasteiger partial charge is 0.494 e. The van der Waals surface area contributed by atoms with Gasteiger partial charge < -0.3 is 9.47 Å². The maximum Gasteiger partial charge on any atom is 0.185 e. The zero-order chi connectivity index (χ0) is 23.3. The van der Waals surface area contributed by atoms with E-state index in [0.717, 1.165) is 30.8 Å². The molecule has 3 aromatic carbocycles. The standard InChI is InChI=1S/C30H34O3/c1-3-5-6-9-24-10-12-25(13-11-24)26-14-18-28(19-15-26)32-22-7-8-23-33-29-20-16-27(17-21-29)30(31)4-2/h4,10-21H,2-3,5-9,22-23H2,1H3. The van der Waals surface area contributed by atoms with E-state index in [1.165, 1.54) is 42.0 Å². The zero-order valence-electron chi connectivity index (χ0n) is 19.6. The molecule has 0 unspecified atom stereocenters. The lowest BCUT2D eigenvalue weighted by atomic mass is 10.0. The molecule has 0 aliphatic carbocycles. The van der Waals surface area contributed by atoms with Gasteiger partial charge in [-0.3, -0.25) is 4.79 Å². The van der Waals surface area contributed by atoms with Gasteiger partial charge in [0, 0.05) is 5.56 Å². The fourth-order valence-corrected chi connectivity index (χ4v) is 3.60. The van der Waals surface area contributed by atoms with Crippen LogP contribution in [0, 0.1) is 0 Å². The fourth-order valence-electron chi connectivity index (χ4n) is 3.60. The van der Waals surface area contributed by atoms with E-state index >= 15 is 0 Å². The summed E-state index contributed by atoms with van der Waals surface area (Å²) in [5.41, 5.74) is 4.48. The number of carbonyl (C=O) groups is 1. The molecule has 3 nitrogen and oxygen atoms in total. The number of carbonyl (C=O) groups excluding carboxylic acids is 1. The van der Waals surface area contributed by atoms with Crippen LogP contribution < -0.4 is 9.47 Å². The predicted octanol–water partition coefficient (Wildman–Crippen LogP) is 7.69. The van der Waals surface area contributed by atoms with Crippen molar-refractivity contribution >= 4 is 5.78 Å². The maximum atomic E-state index is 11.5. The molecule has 0 aromatic heterocycles. The Morgan fingerprint density at radius 1 is 0.727 bits per heavy atom. The lowest BCUT2D eigenvalue weighted by molar-refractivity contribution is 0.104. The third-order valence-corrected chi connectivity index (χ3v) is 5.61. The molecule has 0 aliphatic heterocycles. The molecule has 0 saturated carbocycles. The number of unbranched alkanes of at least 4 members (excludes halogenated alkanes) is 3. The van der Waals surface area contributed by atoms with Gasteiger partial charge in [-0.05, 0) is 84.8 Å². The van der Waals surface area contributed by atoms with Crippen LogP contribution in [0.2, 0.25) is 0 Å². The summed E-state index contributed by atoms with van der Waals surface area (Å²) in [6.45, 7) is 7.01. The van der Waals surface area contributed by atoms with Gasteiger partial charge in [-0.25, -0.2) is 0 Å². The molecule has 0 atom stereocenters. The molecule has 0 fully saturated rings. The highest BCUT2D eigenvalue weighted by atomic mass is 16.5. The van der Waals surface area contributed by atoms with Gasteiger partial charge in [-0.15, -0.1) is 0 Å². The minimum absolute atomic E-state index is 0.0811. The second-order valence-corrected chi connectivity index (χ2v) is 8.18. The van der Waals surface area contributed by atoms with Crippen LogP contribution >= 0.6 is 0 Å². The van der Waals surface area contributed by atoms with Crippen molar-refractivity contribution in [3.05, 3.63) is 96.6 Å². The second-order valence-electron chi connectivity index (χ2n) is 8.18. The first-order valence-electron chi connectivity index (χ1n) is 11.9. The molecule has 0 bridgehead atoms. The van der Waals surface area contributed by atoms with Gasteiger partial charge in [0.1, 0.15) is 11.5 Å². The molecule has 33 heavy (non-hydrogen) atoms. The molecular weight excluding hydrogens is 408 g/mol. The third kappa shape index (κ3) is 7.94. The molecule has 3 rings (SSSR count). The summed E-state index contributed by atoms with van der Waals surface area (Å²) in [5, 5.41) is 0. The Kier molecular flexibility index (Phi) is 9.78. The van der Waals surface area contributed by atoms with Crippen LogP contribution in [0.4, 0.5) is 0 Å². The number of hydrogen-bond donors (Lipinski definition) is 0. The number of allylic oxidation sites excluding steroid dienone is 1. The maximum absolute atomic E-state index is 11.5. The van der Waals surface area contributed by atoms with Gasteiger partial charge in [0.15, 0.2) is 5.78 Å². The number of hydrogen-bond acceptors (Lipinski definition) is 3. The monoisotopic (exact) mass is 442 g/mol. The molecule has 0 N–H and O–H groups in total. The Bertz CT molecular complexity index is 986. The number of aryl methyl sites for hydroxylation is 1. The summed E-state index contributed by atoms with van der Waals surface area (Å²) in [6, 6.07) is 24.4. The van der Waals surface area contributed by atoms with Crippen LogP contribution in [0.5, 0.6) is 11.5 Å². The van der Waals surface area contributed by atoms with Crippen LogP contribution in [0.25, 0.3) is 11.1 Å². The Morgan fingerprint density at radius 3 is 1.76 bits per heavy atom. The van der Waals surface area contributed by atoms with E-state index in [1.54, 1.807) is 12.1 Å². The highest BCUT2D eigenvalue weighted by Crippen LogP contribution is 2.23. The van der Waals surface area contributed by atoms with Gasteiger partial charge >= 0.3 is 0 Å². The highest BCUT2D eigenvalue weighted by Gasteiger charge is 2.02. The van der Waals surface area contributed by atoms with Crippen molar-refractivity contribution in [2.45, 2.75) is 45.4 Å². The minimum atomic E-state index is -0.0811. The van der Waals surface area contributed by atoms with Gasteiger partial charge in [0.05, 0.1) is 13.2 Å². The zero-order valence-corrected chi connectivity index (χ0v) is 19.6. The van der Waals surface area contributed by atoms with Crippen LogP contribution in [-0.4, -0.2) is 19.0 Å². The van der Waals surface area contributed by atoms with Crippen LogP contribution in [0.1, 0.15) is 54.9 Å². The first kappa shape index (κ1) is 24.3. The average Bonchev–Trinajstić information content (AvgIpc) is 2.87. The van der Waals surface area contributed by atoms with E-state index in [1.807, 2.05) is 24.3 Å². The van der Waals surface area contributed by atoms with E-state index in [4.69, 9.17) is 9.47 Å². The summed E-state index contributed by atoms with van der Waals surface area (Å²) in [6.07, 6.45) is 8.10. The third-order valence-electron chi connectivity index (χ3n) is 5.61. The summed E-state index contributed by atoms with van der Waals surface area (Å²) < 4.78 is 11.6. The van der Waals surface area contributed by atoms with E-state index in [-0.39, 0.29) is 5.78 Å². The van der Waals surface area contributed by atoms with Crippen molar-refractivity contribution in [3.8, 4) is 22.6 Å². The Labute approximate surface area is 198 Å². The normalized spacial score (nSPS) is 10.6. The number of benzene rings is 3. The SMILES string of the molecule is C=CC(=O)c1ccc(OCCCCOc2ccc(-c3ccc(CCCCC)cc3)cc2)cc1. The lowest BCUT2D eigenvalue weighted by Gasteiger charge is -2.09. The lowest BCUT2D eigenvalue weighted by Crippen LogP contribution is -2.03. The molecular formula is C30H34O3. The van der Waals surface area contributed by atoms with Crippen molar-refractivity contribution in [3.63, 3.8) is 0 Å². The first-order chi connectivity index (χ1) is 16.2. The van der Waals surface area contributed by atoms with Crippen molar-refractivity contribution in [2.24, 2.45) is 0 Å². The van der Waals surface area contributed by atoms with Gasteiger partial charge in [-0.2, -0.15) is 0 Å². The second kappa shape index (κ2) is 13.3. The molecule has 3 heteroatoms. The van der Waals surface area contributed by atoms with Gasteiger partial charge in [0.2, 0.25) is 0 Å². The Hall–Kier alpha value is -3.33. The summed E-state index contributed by atoms with van der Waals surface area (Å²) in [5.74, 6) is 1.57. The quantitative estimate of drug-likeness (QED) is 0.146. The highest BCUT2D eigenvalue weighted by molar-refractivity contribution is 6.04. The summed E-state index contributed by atoms with van der Waals surface area (Å²) >= 11 is 0. The van der Waals surface area contributed by atoms with E-state index in [2.05, 4.69) is 49.9 Å². The van der Waals surface area contributed by atoms with Crippen LogP contribution in [0.3, 0.4) is 0 Å². The number of rotatable bonds is 14. The molecule has 0 saturated heterocycles. The van der Waals surface area contributed by atoms with E-state index < -0.39 is 0 Å². The van der Waals surface area contributed by atoms with Gasteiger partial charge in [-0.1, -0.05) is 62.7 Å². The minimum Gasteiger partial charge on any atom is -0.494 e. The molecule has 172 valence electrons. The first-order valence-corrected chi connectivity index (χ1v) is 11.9. The van der Waals surface area contributed by atoms with Crippen molar-refractivity contribution < 1.29 is 14.3 Å². The van der Waals surface area contributed by atoms with Gasteiger partial charge in [0.25, 0.3) is 0 Å². The van der Waals surface area contributed by atoms with Crippen molar-refractivity contribution in [2.75, 3.05) is 13.2 Å². The molecule has 0 radical (unpaired) electrons. The molecule has 0 aliphatic rings. The smallest absolute Gasteiger partial charge is 0.185 e. The number of ketones is 1. The Morgan fingerprint density at radius 2 is 1.24 bits per heavy atom. The average molecular weight is 443 g/mol. The molecule has 3 aromatic rings. The number of ether oxygens (including phenoxy) is 2. The van der Waals surface area contributed by atoms with Crippen molar-refractivity contribution in [1.82, 2.24) is 0 Å². The van der Waals surface area contributed by atoms with Crippen LogP contribution in [-0.2, 0) is 6.42 Å². The summed E-state index contributed by atoms with van der Waals surface area (Å²) in [4.78, 5) is 11.5. The predicted molar refractivity (Wildman–Crippen MR) is 136 cm³/mol. The van der Waals surface area contributed by atoms with E-state index in [0.29, 0.717) is 18.8 Å². The van der Waals surface area contributed by atoms with E-state index in [9.17, 15) is 4.79 Å².